The van der Waals surface area contributed by atoms with Gasteiger partial charge in [0.15, 0.2) is 0 Å². The summed E-state index contributed by atoms with van der Waals surface area (Å²) in [5.41, 5.74) is 0. The molecule has 1 atom stereocenters. The highest BCUT2D eigenvalue weighted by Crippen LogP contribution is 2.18. The van der Waals surface area contributed by atoms with Gasteiger partial charge in [-0.3, -0.25) is 4.90 Å². The van der Waals surface area contributed by atoms with E-state index in [0.717, 1.165) is 38.4 Å². The highest BCUT2D eigenvalue weighted by Gasteiger charge is 2.21. The van der Waals surface area contributed by atoms with E-state index in [1.807, 2.05) is 38.2 Å². The van der Waals surface area contributed by atoms with Gasteiger partial charge in [-0.15, -0.1) is 0 Å². The van der Waals surface area contributed by atoms with E-state index < -0.39 is 0 Å². The van der Waals surface area contributed by atoms with Crippen LogP contribution in [0.2, 0.25) is 0 Å². The maximum Gasteiger partial charge on any atom is 0.317 e. The third kappa shape index (κ3) is 4.74. The number of ether oxygens (including phenoxy) is 1. The molecule has 0 aromatic carbocycles. The summed E-state index contributed by atoms with van der Waals surface area (Å²) in [5, 5.41) is 3.00. The number of carbonyl (C=O) groups is 1. The van der Waals surface area contributed by atoms with E-state index in [2.05, 4.69) is 5.32 Å². The molecule has 1 aromatic heterocycles. The maximum atomic E-state index is 12.2. The number of rotatable bonds is 6. The number of nitrogens with one attached hydrogen (secondary N) is 1. The Hall–Kier alpha value is -1.53. The SMILES string of the molecule is CN(CC1CCOCC1)C(=O)NCC(c1ccco1)N(C)C. The van der Waals surface area contributed by atoms with Gasteiger partial charge in [0.1, 0.15) is 5.76 Å². The summed E-state index contributed by atoms with van der Waals surface area (Å²) in [6, 6.07) is 3.80. The third-order valence-corrected chi connectivity index (χ3v) is 4.16. The molecule has 2 rings (SSSR count). The molecular formula is C16H27N3O3. The predicted octanol–water partition coefficient (Wildman–Crippen LogP) is 1.95. The second-order valence-electron chi connectivity index (χ2n) is 6.12. The van der Waals surface area contributed by atoms with Crippen LogP contribution >= 0.6 is 0 Å². The monoisotopic (exact) mass is 309 g/mol. The Morgan fingerprint density at radius 1 is 1.36 bits per heavy atom. The summed E-state index contributed by atoms with van der Waals surface area (Å²) >= 11 is 0. The van der Waals surface area contributed by atoms with Crippen molar-refractivity contribution in [1.29, 1.82) is 0 Å². The Morgan fingerprint density at radius 2 is 2.09 bits per heavy atom. The number of hydrogen-bond donors (Lipinski definition) is 1. The number of furan rings is 1. The van der Waals surface area contributed by atoms with Crippen LogP contribution in [0.4, 0.5) is 4.79 Å². The molecule has 2 heterocycles. The van der Waals surface area contributed by atoms with Crippen molar-refractivity contribution in [3.05, 3.63) is 24.2 Å². The second-order valence-corrected chi connectivity index (χ2v) is 6.12. The molecule has 1 fully saturated rings. The average Bonchev–Trinajstić information content (AvgIpc) is 3.02. The number of carbonyl (C=O) groups excluding carboxylic acids is 1. The van der Waals surface area contributed by atoms with Crippen molar-refractivity contribution in [2.24, 2.45) is 5.92 Å². The van der Waals surface area contributed by atoms with Crippen molar-refractivity contribution >= 4 is 6.03 Å². The molecule has 0 spiro atoms. The fraction of sp³-hybridized carbons (Fsp3) is 0.688. The minimum atomic E-state index is -0.0371. The fourth-order valence-electron chi connectivity index (χ4n) is 2.74. The van der Waals surface area contributed by atoms with Gasteiger partial charge in [-0.05, 0) is 45.0 Å². The van der Waals surface area contributed by atoms with Gasteiger partial charge in [-0.25, -0.2) is 4.79 Å². The molecule has 1 aliphatic heterocycles. The van der Waals surface area contributed by atoms with Crippen molar-refractivity contribution in [2.75, 3.05) is 47.4 Å². The van der Waals surface area contributed by atoms with Crippen LogP contribution in [0.25, 0.3) is 0 Å². The van der Waals surface area contributed by atoms with Crippen molar-refractivity contribution in [3.63, 3.8) is 0 Å². The molecule has 1 aromatic rings. The van der Waals surface area contributed by atoms with Crippen LogP contribution in [0.15, 0.2) is 22.8 Å². The number of amides is 2. The van der Waals surface area contributed by atoms with E-state index in [1.54, 1.807) is 11.2 Å². The molecule has 1 N–H and O–H groups in total. The minimum Gasteiger partial charge on any atom is -0.468 e. The van der Waals surface area contributed by atoms with Crippen LogP contribution in [0.1, 0.15) is 24.6 Å². The highest BCUT2D eigenvalue weighted by molar-refractivity contribution is 5.73. The lowest BCUT2D eigenvalue weighted by molar-refractivity contribution is 0.0585. The van der Waals surface area contributed by atoms with Gasteiger partial charge < -0.3 is 19.4 Å². The zero-order chi connectivity index (χ0) is 15.9. The third-order valence-electron chi connectivity index (χ3n) is 4.16. The van der Waals surface area contributed by atoms with Gasteiger partial charge in [0.25, 0.3) is 0 Å². The molecule has 2 amide bonds. The summed E-state index contributed by atoms with van der Waals surface area (Å²) in [4.78, 5) is 16.1. The Balaban J connectivity index is 1.80. The Bertz CT molecular complexity index is 441. The standard InChI is InChI=1S/C16H27N3O3/c1-18(2)14(15-5-4-8-22-15)11-17-16(20)19(3)12-13-6-9-21-10-7-13/h4-5,8,13-14H,6-7,9-12H2,1-3H3,(H,17,20). The lowest BCUT2D eigenvalue weighted by Gasteiger charge is -2.28. The first-order valence-corrected chi connectivity index (χ1v) is 7.84. The molecular weight excluding hydrogens is 282 g/mol. The van der Waals surface area contributed by atoms with Gasteiger partial charge in [0.05, 0.1) is 12.3 Å². The Morgan fingerprint density at radius 3 is 2.68 bits per heavy atom. The van der Waals surface area contributed by atoms with Crippen molar-refractivity contribution in [3.8, 4) is 0 Å². The fourth-order valence-corrected chi connectivity index (χ4v) is 2.74. The van der Waals surface area contributed by atoms with Crippen LogP contribution in [0.3, 0.4) is 0 Å². The molecule has 0 saturated carbocycles. The molecule has 124 valence electrons. The first kappa shape index (κ1) is 16.8. The molecule has 1 saturated heterocycles. The zero-order valence-electron chi connectivity index (χ0n) is 13.7. The molecule has 0 aliphatic carbocycles. The van der Waals surface area contributed by atoms with Gasteiger partial charge >= 0.3 is 6.03 Å². The van der Waals surface area contributed by atoms with E-state index in [-0.39, 0.29) is 12.1 Å². The van der Waals surface area contributed by atoms with Crippen LogP contribution in [0.5, 0.6) is 0 Å². The van der Waals surface area contributed by atoms with Crippen LogP contribution < -0.4 is 5.32 Å². The van der Waals surface area contributed by atoms with Gasteiger partial charge in [0.2, 0.25) is 0 Å². The first-order chi connectivity index (χ1) is 10.6. The Kier molecular flexibility index (Phi) is 6.27. The van der Waals surface area contributed by atoms with Crippen LogP contribution in [-0.2, 0) is 4.74 Å². The van der Waals surface area contributed by atoms with Crippen molar-refractivity contribution in [2.45, 2.75) is 18.9 Å². The van der Waals surface area contributed by atoms with E-state index in [1.165, 1.54) is 0 Å². The highest BCUT2D eigenvalue weighted by atomic mass is 16.5. The largest absolute Gasteiger partial charge is 0.468 e. The topological polar surface area (TPSA) is 58.0 Å². The molecule has 0 bridgehead atoms. The number of likely N-dealkylation sites (N-methyl/N-ethyl adjacent to an activating group) is 1. The first-order valence-electron chi connectivity index (χ1n) is 7.84. The van der Waals surface area contributed by atoms with Crippen LogP contribution in [-0.4, -0.2) is 63.3 Å². The number of nitrogens with zero attached hydrogens (tertiary/aromatic N) is 2. The lowest BCUT2D eigenvalue weighted by atomic mass is 10.00. The smallest absolute Gasteiger partial charge is 0.317 e. The number of urea groups is 1. The van der Waals surface area contributed by atoms with Gasteiger partial charge in [-0.1, -0.05) is 0 Å². The summed E-state index contributed by atoms with van der Waals surface area (Å²) in [7, 11) is 5.80. The summed E-state index contributed by atoms with van der Waals surface area (Å²) < 4.78 is 10.8. The predicted molar refractivity (Wildman–Crippen MR) is 84.7 cm³/mol. The minimum absolute atomic E-state index is 0.0371. The summed E-state index contributed by atoms with van der Waals surface area (Å²) in [5.74, 6) is 1.40. The molecule has 6 heteroatoms. The molecule has 1 unspecified atom stereocenters. The average molecular weight is 309 g/mol. The maximum absolute atomic E-state index is 12.2. The molecule has 1 aliphatic rings. The number of hydrogen-bond acceptors (Lipinski definition) is 4. The molecule has 6 nitrogen and oxygen atoms in total. The lowest BCUT2D eigenvalue weighted by Crippen LogP contribution is -2.43. The Labute approximate surface area is 132 Å². The van der Waals surface area contributed by atoms with Crippen molar-refractivity contribution < 1.29 is 13.9 Å². The van der Waals surface area contributed by atoms with E-state index >= 15 is 0 Å². The van der Waals surface area contributed by atoms with Gasteiger partial charge in [0, 0.05) is 33.4 Å². The normalized spacial score (nSPS) is 17.5. The van der Waals surface area contributed by atoms with E-state index in [9.17, 15) is 4.79 Å². The molecule has 22 heavy (non-hydrogen) atoms. The van der Waals surface area contributed by atoms with Crippen molar-refractivity contribution in [1.82, 2.24) is 15.1 Å². The van der Waals surface area contributed by atoms with E-state index in [0.29, 0.717) is 12.5 Å². The second kappa shape index (κ2) is 8.19. The summed E-state index contributed by atoms with van der Waals surface area (Å²) in [6.07, 6.45) is 3.72. The zero-order valence-corrected chi connectivity index (χ0v) is 13.7. The van der Waals surface area contributed by atoms with Crippen LogP contribution in [0, 0.1) is 5.92 Å². The molecule has 0 radical (unpaired) electrons. The van der Waals surface area contributed by atoms with Gasteiger partial charge in [-0.2, -0.15) is 0 Å². The summed E-state index contributed by atoms with van der Waals surface area (Å²) in [6.45, 7) is 2.92. The quantitative estimate of drug-likeness (QED) is 0.872. The van der Waals surface area contributed by atoms with E-state index in [4.69, 9.17) is 9.15 Å².